The summed E-state index contributed by atoms with van der Waals surface area (Å²) in [6.45, 7) is 5.64. The van der Waals surface area contributed by atoms with E-state index in [1.165, 1.54) is 17.1 Å². The molecular formula is C24H28N4O2S. The van der Waals surface area contributed by atoms with Crippen LogP contribution < -0.4 is 10.1 Å². The Morgan fingerprint density at radius 2 is 1.94 bits per heavy atom. The van der Waals surface area contributed by atoms with Crippen molar-refractivity contribution in [3.63, 3.8) is 0 Å². The molecule has 1 amide bonds. The molecule has 1 aliphatic rings. The Kier molecular flexibility index (Phi) is 6.94. The Labute approximate surface area is 187 Å². The number of aryl methyl sites for hydroxylation is 1. The van der Waals surface area contributed by atoms with Gasteiger partial charge in [0, 0.05) is 61.8 Å². The maximum Gasteiger partial charge on any atom is 0.255 e. The minimum absolute atomic E-state index is 0.120. The van der Waals surface area contributed by atoms with E-state index in [9.17, 15) is 4.79 Å². The lowest BCUT2D eigenvalue weighted by Crippen LogP contribution is -2.32. The second kappa shape index (κ2) is 10.0. The van der Waals surface area contributed by atoms with E-state index in [4.69, 9.17) is 4.74 Å². The molecule has 1 fully saturated rings. The number of nitrogens with one attached hydrogen (secondary N) is 1. The van der Waals surface area contributed by atoms with Gasteiger partial charge in [0.25, 0.3) is 5.91 Å². The minimum atomic E-state index is -0.120. The van der Waals surface area contributed by atoms with Crippen LogP contribution in [0.1, 0.15) is 27.3 Å². The van der Waals surface area contributed by atoms with Gasteiger partial charge in [0.2, 0.25) is 0 Å². The molecule has 31 heavy (non-hydrogen) atoms. The van der Waals surface area contributed by atoms with Crippen LogP contribution in [0.5, 0.6) is 5.75 Å². The monoisotopic (exact) mass is 436 g/mol. The molecule has 162 valence electrons. The van der Waals surface area contributed by atoms with Crippen LogP contribution in [0.15, 0.2) is 54.9 Å². The Hall–Kier alpha value is -2.77. The van der Waals surface area contributed by atoms with Gasteiger partial charge in [-0.05, 0) is 48.4 Å². The van der Waals surface area contributed by atoms with E-state index in [1.54, 1.807) is 18.3 Å². The van der Waals surface area contributed by atoms with Gasteiger partial charge in [-0.2, -0.15) is 11.8 Å². The Morgan fingerprint density at radius 1 is 1.16 bits per heavy atom. The van der Waals surface area contributed by atoms with E-state index in [-0.39, 0.29) is 5.91 Å². The number of hydrogen-bond donors (Lipinski definition) is 1. The Bertz CT molecular complexity index is 1030. The zero-order valence-electron chi connectivity index (χ0n) is 18.0. The fraction of sp³-hybridized carbons (Fsp3) is 0.333. The summed E-state index contributed by atoms with van der Waals surface area (Å²) in [6, 6.07) is 13.3. The predicted octanol–water partition coefficient (Wildman–Crippen LogP) is 4.11. The fourth-order valence-corrected chi connectivity index (χ4v) is 4.55. The van der Waals surface area contributed by atoms with Gasteiger partial charge in [0.15, 0.2) is 0 Å². The average molecular weight is 437 g/mol. The third kappa shape index (κ3) is 5.48. The number of hydrogen-bond acceptors (Lipinski definition) is 5. The Morgan fingerprint density at radius 3 is 2.65 bits per heavy atom. The van der Waals surface area contributed by atoms with Gasteiger partial charge in [-0.1, -0.05) is 12.1 Å². The van der Waals surface area contributed by atoms with Crippen LogP contribution in [0.25, 0.3) is 0 Å². The third-order valence-corrected chi connectivity index (χ3v) is 6.54. The van der Waals surface area contributed by atoms with Gasteiger partial charge in [-0.15, -0.1) is 0 Å². The molecule has 0 saturated carbocycles. The first kappa shape index (κ1) is 21.5. The summed E-state index contributed by atoms with van der Waals surface area (Å²) in [5.74, 6) is 3.82. The van der Waals surface area contributed by atoms with Crippen molar-refractivity contribution < 1.29 is 9.53 Å². The number of carbonyl (C=O) groups is 1. The van der Waals surface area contributed by atoms with Crippen LogP contribution in [0.4, 0.5) is 5.69 Å². The minimum Gasteiger partial charge on any atom is -0.486 e. The van der Waals surface area contributed by atoms with Crippen molar-refractivity contribution in [3.8, 4) is 5.75 Å². The van der Waals surface area contributed by atoms with Crippen LogP contribution in [0, 0.1) is 6.92 Å². The maximum absolute atomic E-state index is 12.8. The van der Waals surface area contributed by atoms with Gasteiger partial charge in [0.05, 0.1) is 0 Å². The first-order valence-electron chi connectivity index (χ1n) is 10.5. The number of anilines is 1. The van der Waals surface area contributed by atoms with Crippen molar-refractivity contribution in [3.05, 3.63) is 77.4 Å². The van der Waals surface area contributed by atoms with E-state index in [0.717, 1.165) is 36.7 Å². The van der Waals surface area contributed by atoms with Crippen molar-refractivity contribution >= 4 is 23.4 Å². The number of carbonyl (C=O) groups excluding carboxylic acids is 1. The van der Waals surface area contributed by atoms with Crippen molar-refractivity contribution in [2.75, 3.05) is 29.9 Å². The summed E-state index contributed by atoms with van der Waals surface area (Å²) in [6.07, 6.45) is 3.63. The summed E-state index contributed by atoms with van der Waals surface area (Å²) < 4.78 is 7.69. The van der Waals surface area contributed by atoms with Crippen molar-refractivity contribution in [1.29, 1.82) is 0 Å². The van der Waals surface area contributed by atoms with Crippen molar-refractivity contribution in [2.45, 2.75) is 20.1 Å². The number of rotatable bonds is 7. The molecule has 4 rings (SSSR count). The standard InChI is InChI=1S/C24H28N4O2S/c1-18-20(16-28-12-14-31-15-13-28)4-3-5-22(18)26-24(29)19-6-8-21(9-7-19)30-17-23-25-10-11-27(23)2/h3-11H,12-17H2,1-2H3,(H,26,29). The average Bonchev–Trinajstić information content (AvgIpc) is 3.21. The molecule has 6 nitrogen and oxygen atoms in total. The van der Waals surface area contributed by atoms with Gasteiger partial charge >= 0.3 is 0 Å². The summed E-state index contributed by atoms with van der Waals surface area (Å²) in [4.78, 5) is 19.5. The molecule has 1 N–H and O–H groups in total. The molecule has 0 radical (unpaired) electrons. The zero-order valence-corrected chi connectivity index (χ0v) is 18.8. The molecule has 1 aromatic heterocycles. The summed E-state index contributed by atoms with van der Waals surface area (Å²) >= 11 is 2.01. The van der Waals surface area contributed by atoms with Crippen LogP contribution in [0.2, 0.25) is 0 Å². The quantitative estimate of drug-likeness (QED) is 0.604. The lowest BCUT2D eigenvalue weighted by Gasteiger charge is -2.27. The molecule has 0 atom stereocenters. The maximum atomic E-state index is 12.8. The van der Waals surface area contributed by atoms with Crippen molar-refractivity contribution in [2.24, 2.45) is 7.05 Å². The van der Waals surface area contributed by atoms with E-state index in [0.29, 0.717) is 17.9 Å². The highest BCUT2D eigenvalue weighted by Crippen LogP contribution is 2.23. The lowest BCUT2D eigenvalue weighted by atomic mass is 10.1. The van der Waals surface area contributed by atoms with Gasteiger partial charge in [-0.3, -0.25) is 9.69 Å². The molecule has 1 aliphatic heterocycles. The number of ether oxygens (including phenoxy) is 1. The largest absolute Gasteiger partial charge is 0.486 e. The van der Waals surface area contributed by atoms with Crippen LogP contribution in [0.3, 0.4) is 0 Å². The van der Waals surface area contributed by atoms with E-state index in [2.05, 4.69) is 28.2 Å². The van der Waals surface area contributed by atoms with Crippen LogP contribution in [-0.4, -0.2) is 45.0 Å². The third-order valence-electron chi connectivity index (χ3n) is 5.60. The number of benzene rings is 2. The van der Waals surface area contributed by atoms with Crippen molar-refractivity contribution in [1.82, 2.24) is 14.5 Å². The molecule has 0 unspecified atom stereocenters. The first-order chi connectivity index (χ1) is 15.1. The molecule has 0 aliphatic carbocycles. The Balaban J connectivity index is 1.37. The van der Waals surface area contributed by atoms with Gasteiger partial charge in [-0.25, -0.2) is 4.98 Å². The van der Waals surface area contributed by atoms with E-state index in [1.807, 2.05) is 53.8 Å². The van der Waals surface area contributed by atoms with Crippen LogP contribution in [-0.2, 0) is 20.2 Å². The second-order valence-corrected chi connectivity index (χ2v) is 8.92. The molecule has 0 bridgehead atoms. The SMILES string of the molecule is Cc1c(CN2CCSCC2)cccc1NC(=O)c1ccc(OCc2nccn2C)cc1. The number of thioether (sulfide) groups is 1. The van der Waals surface area contributed by atoms with Gasteiger partial charge < -0.3 is 14.6 Å². The smallest absolute Gasteiger partial charge is 0.255 e. The highest BCUT2D eigenvalue weighted by Gasteiger charge is 2.14. The molecule has 2 heterocycles. The number of nitrogens with zero attached hydrogens (tertiary/aromatic N) is 3. The highest BCUT2D eigenvalue weighted by atomic mass is 32.2. The van der Waals surface area contributed by atoms with E-state index < -0.39 is 0 Å². The summed E-state index contributed by atoms with van der Waals surface area (Å²) in [5, 5.41) is 3.07. The molecular weight excluding hydrogens is 408 g/mol. The highest BCUT2D eigenvalue weighted by molar-refractivity contribution is 7.99. The summed E-state index contributed by atoms with van der Waals surface area (Å²) in [5.41, 5.74) is 3.86. The fourth-order valence-electron chi connectivity index (χ4n) is 3.57. The number of amides is 1. The lowest BCUT2D eigenvalue weighted by molar-refractivity contribution is 0.102. The second-order valence-electron chi connectivity index (χ2n) is 7.70. The molecule has 3 aromatic rings. The first-order valence-corrected chi connectivity index (χ1v) is 11.6. The molecule has 7 heteroatoms. The normalized spacial score (nSPS) is 14.4. The molecule has 1 saturated heterocycles. The summed E-state index contributed by atoms with van der Waals surface area (Å²) in [7, 11) is 1.93. The zero-order chi connectivity index (χ0) is 21.6. The predicted molar refractivity (Wildman–Crippen MR) is 126 cm³/mol. The number of aromatic nitrogens is 2. The number of imidazole rings is 1. The van der Waals surface area contributed by atoms with Crippen LogP contribution >= 0.6 is 11.8 Å². The molecule has 0 spiro atoms. The van der Waals surface area contributed by atoms with Gasteiger partial charge in [0.1, 0.15) is 18.2 Å². The van der Waals surface area contributed by atoms with E-state index >= 15 is 0 Å². The topological polar surface area (TPSA) is 59.4 Å². The molecule has 2 aromatic carbocycles.